The molecule has 2 aromatic rings. The maximum atomic E-state index is 12.3. The molecule has 0 N–H and O–H groups in total. The standard InChI is InChI=1S/C16H17BrN2O4S/c1-3-18(9-12-5-7-15(17)24-12)16(20)10-23-14-6-4-11(2)8-13(14)19(21)22/h4-8H,3,9-10H2,1-2H3. The molecule has 0 aliphatic carbocycles. The molecular formula is C16H17BrN2O4S. The predicted octanol–water partition coefficient (Wildman–Crippen LogP) is 4.15. The summed E-state index contributed by atoms with van der Waals surface area (Å²) in [5.41, 5.74) is 0.631. The number of halogens is 1. The van der Waals surface area contributed by atoms with Crippen LogP contribution in [-0.2, 0) is 11.3 Å². The van der Waals surface area contributed by atoms with E-state index in [0.717, 1.165) is 14.2 Å². The maximum absolute atomic E-state index is 12.3. The van der Waals surface area contributed by atoms with Crippen molar-refractivity contribution in [1.82, 2.24) is 4.90 Å². The number of likely N-dealkylation sites (N-methyl/N-ethyl adjacent to an activating group) is 1. The van der Waals surface area contributed by atoms with E-state index in [9.17, 15) is 14.9 Å². The number of carbonyl (C=O) groups is 1. The van der Waals surface area contributed by atoms with Crippen molar-refractivity contribution >= 4 is 38.9 Å². The van der Waals surface area contributed by atoms with Crippen LogP contribution in [0.4, 0.5) is 5.69 Å². The normalized spacial score (nSPS) is 10.5. The van der Waals surface area contributed by atoms with Crippen LogP contribution in [-0.4, -0.2) is 28.9 Å². The lowest BCUT2D eigenvalue weighted by Crippen LogP contribution is -2.34. The molecule has 1 aromatic heterocycles. The van der Waals surface area contributed by atoms with Crippen LogP contribution in [0.2, 0.25) is 0 Å². The summed E-state index contributed by atoms with van der Waals surface area (Å²) < 4.78 is 6.41. The molecule has 8 heteroatoms. The highest BCUT2D eigenvalue weighted by Gasteiger charge is 2.19. The van der Waals surface area contributed by atoms with Crippen molar-refractivity contribution in [2.45, 2.75) is 20.4 Å². The number of nitrogens with zero attached hydrogens (tertiary/aromatic N) is 2. The van der Waals surface area contributed by atoms with E-state index in [4.69, 9.17) is 4.74 Å². The van der Waals surface area contributed by atoms with Crippen LogP contribution in [0.15, 0.2) is 34.1 Å². The number of hydrogen-bond acceptors (Lipinski definition) is 5. The van der Waals surface area contributed by atoms with Crippen LogP contribution >= 0.6 is 27.3 Å². The smallest absolute Gasteiger partial charge is 0.311 e. The summed E-state index contributed by atoms with van der Waals surface area (Å²) >= 11 is 4.96. The summed E-state index contributed by atoms with van der Waals surface area (Å²) in [7, 11) is 0. The number of rotatable bonds is 7. The summed E-state index contributed by atoms with van der Waals surface area (Å²) in [6, 6.07) is 8.56. The Morgan fingerprint density at radius 2 is 2.12 bits per heavy atom. The third-order valence-corrected chi connectivity index (χ3v) is 4.98. The van der Waals surface area contributed by atoms with Crippen LogP contribution in [0.1, 0.15) is 17.4 Å². The largest absolute Gasteiger partial charge is 0.477 e. The van der Waals surface area contributed by atoms with Gasteiger partial charge in [-0.2, -0.15) is 0 Å². The lowest BCUT2D eigenvalue weighted by Gasteiger charge is -2.20. The zero-order chi connectivity index (χ0) is 17.7. The van der Waals surface area contributed by atoms with Crippen LogP contribution in [0.25, 0.3) is 0 Å². The van der Waals surface area contributed by atoms with Gasteiger partial charge in [0.25, 0.3) is 5.91 Å². The number of hydrogen-bond donors (Lipinski definition) is 0. The first-order valence-corrected chi connectivity index (χ1v) is 8.91. The average Bonchev–Trinajstić information content (AvgIpc) is 2.96. The van der Waals surface area contributed by atoms with Gasteiger partial charge in [-0.15, -0.1) is 11.3 Å². The fraction of sp³-hybridized carbons (Fsp3) is 0.312. The summed E-state index contributed by atoms with van der Waals surface area (Å²) in [6.45, 7) is 4.44. The molecule has 0 aliphatic heterocycles. The number of thiophene rings is 1. The van der Waals surface area contributed by atoms with E-state index in [1.54, 1.807) is 29.2 Å². The molecule has 6 nitrogen and oxygen atoms in total. The monoisotopic (exact) mass is 412 g/mol. The summed E-state index contributed by atoms with van der Waals surface area (Å²) in [5.74, 6) is -0.106. The number of ether oxygens (including phenoxy) is 1. The Labute approximate surface area is 152 Å². The number of benzene rings is 1. The van der Waals surface area contributed by atoms with Crippen molar-refractivity contribution in [2.24, 2.45) is 0 Å². The highest BCUT2D eigenvalue weighted by molar-refractivity contribution is 9.11. The van der Waals surface area contributed by atoms with E-state index in [1.165, 1.54) is 12.1 Å². The van der Waals surface area contributed by atoms with E-state index in [1.807, 2.05) is 19.1 Å². The first-order valence-electron chi connectivity index (χ1n) is 7.30. The molecule has 0 unspecified atom stereocenters. The number of carbonyl (C=O) groups excluding carboxylic acids is 1. The van der Waals surface area contributed by atoms with E-state index >= 15 is 0 Å². The lowest BCUT2D eigenvalue weighted by atomic mass is 10.2. The van der Waals surface area contributed by atoms with Gasteiger partial charge in [0.2, 0.25) is 0 Å². The highest BCUT2D eigenvalue weighted by Crippen LogP contribution is 2.28. The molecule has 1 heterocycles. The fourth-order valence-electron chi connectivity index (χ4n) is 2.12. The molecule has 128 valence electrons. The molecular weight excluding hydrogens is 396 g/mol. The van der Waals surface area contributed by atoms with Crippen molar-refractivity contribution < 1.29 is 14.5 Å². The van der Waals surface area contributed by atoms with Crippen molar-refractivity contribution in [1.29, 1.82) is 0 Å². The highest BCUT2D eigenvalue weighted by atomic mass is 79.9. The third-order valence-electron chi connectivity index (χ3n) is 3.37. The molecule has 0 aliphatic rings. The predicted molar refractivity (Wildman–Crippen MR) is 96.4 cm³/mol. The van der Waals surface area contributed by atoms with Crippen LogP contribution in [0.3, 0.4) is 0 Å². The summed E-state index contributed by atoms with van der Waals surface area (Å²) in [5, 5.41) is 11.1. The second kappa shape index (κ2) is 8.25. The van der Waals surface area contributed by atoms with Crippen LogP contribution in [0, 0.1) is 17.0 Å². The fourth-order valence-corrected chi connectivity index (χ4v) is 3.62. The Morgan fingerprint density at radius 3 is 2.71 bits per heavy atom. The average molecular weight is 413 g/mol. The zero-order valence-electron chi connectivity index (χ0n) is 13.3. The minimum Gasteiger partial charge on any atom is -0.477 e. The van der Waals surface area contributed by atoms with Crippen LogP contribution in [0.5, 0.6) is 5.75 Å². The van der Waals surface area contributed by atoms with Gasteiger partial charge in [0.15, 0.2) is 12.4 Å². The molecule has 1 aromatic carbocycles. The zero-order valence-corrected chi connectivity index (χ0v) is 15.7. The van der Waals surface area contributed by atoms with E-state index in [-0.39, 0.29) is 24.0 Å². The van der Waals surface area contributed by atoms with Gasteiger partial charge in [-0.05, 0) is 53.5 Å². The number of nitro groups is 1. The van der Waals surface area contributed by atoms with Gasteiger partial charge in [-0.3, -0.25) is 14.9 Å². The topological polar surface area (TPSA) is 72.7 Å². The van der Waals surface area contributed by atoms with Crippen LogP contribution < -0.4 is 4.74 Å². The maximum Gasteiger partial charge on any atom is 0.311 e. The minimum atomic E-state index is -0.506. The van der Waals surface area contributed by atoms with E-state index < -0.39 is 4.92 Å². The quantitative estimate of drug-likeness (QED) is 0.505. The van der Waals surface area contributed by atoms with Crippen molar-refractivity contribution in [2.75, 3.05) is 13.2 Å². The van der Waals surface area contributed by atoms with Gasteiger partial charge in [0.05, 0.1) is 15.3 Å². The SMILES string of the molecule is CCN(Cc1ccc(Br)s1)C(=O)COc1ccc(C)cc1[N+](=O)[O-]. The Morgan fingerprint density at radius 1 is 1.38 bits per heavy atom. The van der Waals surface area contributed by atoms with Crippen molar-refractivity contribution in [3.8, 4) is 5.75 Å². The molecule has 24 heavy (non-hydrogen) atoms. The van der Waals surface area contributed by atoms with E-state index in [0.29, 0.717) is 13.1 Å². The summed E-state index contributed by atoms with van der Waals surface area (Å²) in [4.78, 5) is 25.6. The molecule has 1 amide bonds. The molecule has 0 saturated heterocycles. The van der Waals surface area contributed by atoms with Gasteiger partial charge in [-0.25, -0.2) is 0 Å². The first-order chi connectivity index (χ1) is 11.4. The van der Waals surface area contributed by atoms with Gasteiger partial charge in [0, 0.05) is 17.5 Å². The minimum absolute atomic E-state index is 0.105. The Kier molecular flexibility index (Phi) is 6.33. The van der Waals surface area contributed by atoms with Crippen molar-refractivity contribution in [3.05, 3.63) is 54.7 Å². The second-order valence-corrected chi connectivity index (χ2v) is 7.68. The molecule has 0 spiro atoms. The molecule has 0 saturated carbocycles. The first kappa shape index (κ1) is 18.4. The second-order valence-electron chi connectivity index (χ2n) is 5.13. The Hall–Kier alpha value is -1.93. The Balaban J connectivity index is 2.02. The van der Waals surface area contributed by atoms with Gasteiger partial charge in [-0.1, -0.05) is 6.07 Å². The molecule has 2 rings (SSSR count). The number of nitro benzene ring substituents is 1. The summed E-state index contributed by atoms with van der Waals surface area (Å²) in [6.07, 6.45) is 0. The third kappa shape index (κ3) is 4.78. The van der Waals surface area contributed by atoms with Gasteiger partial charge < -0.3 is 9.64 Å². The molecule has 0 atom stereocenters. The van der Waals surface area contributed by atoms with E-state index in [2.05, 4.69) is 15.9 Å². The number of amides is 1. The Bertz CT molecular complexity index is 747. The van der Waals surface area contributed by atoms with Crippen molar-refractivity contribution in [3.63, 3.8) is 0 Å². The lowest BCUT2D eigenvalue weighted by molar-refractivity contribution is -0.385. The molecule has 0 bridgehead atoms. The van der Waals surface area contributed by atoms with Gasteiger partial charge in [0.1, 0.15) is 0 Å². The molecule has 0 radical (unpaired) electrons. The number of aryl methyl sites for hydroxylation is 1. The van der Waals surface area contributed by atoms with Gasteiger partial charge >= 0.3 is 5.69 Å². The molecule has 0 fully saturated rings.